The van der Waals surface area contributed by atoms with Gasteiger partial charge in [0, 0.05) is 20.2 Å². The predicted octanol–water partition coefficient (Wildman–Crippen LogP) is 2.74. The lowest BCUT2D eigenvalue weighted by atomic mass is 9.87. The van der Waals surface area contributed by atoms with Crippen LogP contribution in [0.2, 0.25) is 0 Å². The van der Waals surface area contributed by atoms with Crippen LogP contribution in [-0.2, 0) is 4.74 Å². The second-order valence-corrected chi connectivity index (χ2v) is 4.73. The van der Waals surface area contributed by atoms with Gasteiger partial charge in [-0.1, -0.05) is 20.3 Å². The molecular weight excluding hydrogens is 174 g/mol. The zero-order valence-corrected chi connectivity index (χ0v) is 9.96. The summed E-state index contributed by atoms with van der Waals surface area (Å²) >= 11 is 0. The molecule has 1 aliphatic heterocycles. The highest BCUT2D eigenvalue weighted by Gasteiger charge is 2.19. The van der Waals surface area contributed by atoms with Gasteiger partial charge in [-0.2, -0.15) is 0 Å². The van der Waals surface area contributed by atoms with Crippen LogP contribution < -0.4 is 0 Å². The third-order valence-corrected chi connectivity index (χ3v) is 3.45. The molecule has 0 saturated carbocycles. The fourth-order valence-electron chi connectivity index (χ4n) is 2.27. The van der Waals surface area contributed by atoms with Crippen molar-refractivity contribution in [3.05, 3.63) is 0 Å². The van der Waals surface area contributed by atoms with Crippen LogP contribution in [0.15, 0.2) is 0 Å². The smallest absolute Gasteiger partial charge is 0.0986 e. The van der Waals surface area contributed by atoms with Crippen molar-refractivity contribution < 1.29 is 4.74 Å². The van der Waals surface area contributed by atoms with E-state index >= 15 is 0 Å². The molecule has 0 radical (unpaired) electrons. The molecule has 1 unspecified atom stereocenters. The first-order chi connectivity index (χ1) is 6.76. The summed E-state index contributed by atoms with van der Waals surface area (Å²) in [5.74, 6) is 1.88. The number of hydrogen-bond acceptors (Lipinski definition) is 2. The van der Waals surface area contributed by atoms with Gasteiger partial charge in [0.05, 0.1) is 6.73 Å². The van der Waals surface area contributed by atoms with Gasteiger partial charge in [-0.05, 0) is 31.1 Å². The lowest BCUT2D eigenvalue weighted by Crippen LogP contribution is -2.35. The Morgan fingerprint density at radius 3 is 2.50 bits per heavy atom. The first kappa shape index (κ1) is 12.0. The van der Waals surface area contributed by atoms with Gasteiger partial charge in [-0.15, -0.1) is 0 Å². The second kappa shape index (κ2) is 6.41. The molecule has 1 saturated heterocycles. The van der Waals surface area contributed by atoms with E-state index in [0.29, 0.717) is 0 Å². The highest BCUT2D eigenvalue weighted by Crippen LogP contribution is 2.25. The summed E-state index contributed by atoms with van der Waals surface area (Å²) in [6, 6.07) is 0. The Morgan fingerprint density at radius 1 is 1.36 bits per heavy atom. The summed E-state index contributed by atoms with van der Waals surface area (Å²) < 4.78 is 5.14. The minimum atomic E-state index is 0.816. The van der Waals surface area contributed by atoms with Crippen molar-refractivity contribution in [2.45, 2.75) is 39.5 Å². The Bertz CT molecular complexity index is 141. The third-order valence-electron chi connectivity index (χ3n) is 3.45. The Balaban J connectivity index is 2.15. The van der Waals surface area contributed by atoms with E-state index in [-0.39, 0.29) is 0 Å². The molecule has 0 aromatic rings. The average molecular weight is 199 g/mol. The average Bonchev–Trinajstić information content (AvgIpc) is 2.21. The highest BCUT2D eigenvalue weighted by atomic mass is 16.5. The SMILES string of the molecule is CCC(C)CC1CCN(COC)CC1. The zero-order valence-electron chi connectivity index (χ0n) is 9.96. The monoisotopic (exact) mass is 199 g/mol. The van der Waals surface area contributed by atoms with E-state index in [1.165, 1.54) is 38.8 Å². The minimum absolute atomic E-state index is 0.816. The topological polar surface area (TPSA) is 12.5 Å². The van der Waals surface area contributed by atoms with Gasteiger partial charge in [0.25, 0.3) is 0 Å². The van der Waals surface area contributed by atoms with E-state index < -0.39 is 0 Å². The lowest BCUT2D eigenvalue weighted by molar-refractivity contribution is 0.0366. The maximum atomic E-state index is 5.14. The third kappa shape index (κ3) is 3.97. The molecule has 2 heteroatoms. The molecule has 0 aliphatic carbocycles. The van der Waals surface area contributed by atoms with Gasteiger partial charge in [0.2, 0.25) is 0 Å². The van der Waals surface area contributed by atoms with E-state index in [9.17, 15) is 0 Å². The van der Waals surface area contributed by atoms with Crippen LogP contribution in [0.3, 0.4) is 0 Å². The maximum Gasteiger partial charge on any atom is 0.0986 e. The Morgan fingerprint density at radius 2 is 2.00 bits per heavy atom. The van der Waals surface area contributed by atoms with Crippen LogP contribution in [0.25, 0.3) is 0 Å². The number of nitrogens with zero attached hydrogens (tertiary/aromatic N) is 1. The van der Waals surface area contributed by atoms with E-state index in [4.69, 9.17) is 4.74 Å². The number of methoxy groups -OCH3 is 1. The second-order valence-electron chi connectivity index (χ2n) is 4.73. The molecule has 0 aromatic heterocycles. The summed E-state index contributed by atoms with van der Waals surface area (Å²) in [5.41, 5.74) is 0. The van der Waals surface area contributed by atoms with Crippen molar-refractivity contribution in [1.82, 2.24) is 4.90 Å². The lowest BCUT2D eigenvalue weighted by Gasteiger charge is -2.32. The number of likely N-dealkylation sites (tertiary alicyclic amines) is 1. The number of piperidine rings is 1. The molecule has 1 atom stereocenters. The molecule has 0 amide bonds. The molecule has 0 bridgehead atoms. The number of ether oxygens (including phenoxy) is 1. The van der Waals surface area contributed by atoms with Crippen LogP contribution >= 0.6 is 0 Å². The maximum absolute atomic E-state index is 5.14. The molecule has 84 valence electrons. The first-order valence-corrected chi connectivity index (χ1v) is 5.97. The van der Waals surface area contributed by atoms with Crippen molar-refractivity contribution in [2.24, 2.45) is 11.8 Å². The Labute approximate surface area is 88.6 Å². The standard InChI is InChI=1S/C12H25NO/c1-4-11(2)9-12-5-7-13(8-6-12)10-14-3/h11-12H,4-10H2,1-3H3. The summed E-state index contributed by atoms with van der Waals surface area (Å²) in [5, 5.41) is 0. The Kier molecular flexibility index (Phi) is 5.49. The molecule has 14 heavy (non-hydrogen) atoms. The first-order valence-electron chi connectivity index (χ1n) is 5.97. The fourth-order valence-corrected chi connectivity index (χ4v) is 2.27. The van der Waals surface area contributed by atoms with Crippen molar-refractivity contribution in [3.8, 4) is 0 Å². The zero-order chi connectivity index (χ0) is 10.4. The largest absolute Gasteiger partial charge is 0.369 e. The fraction of sp³-hybridized carbons (Fsp3) is 1.00. The van der Waals surface area contributed by atoms with Crippen LogP contribution in [0.1, 0.15) is 39.5 Å². The van der Waals surface area contributed by atoms with Crippen molar-refractivity contribution in [1.29, 1.82) is 0 Å². The van der Waals surface area contributed by atoms with Crippen LogP contribution in [-0.4, -0.2) is 31.8 Å². The number of hydrogen-bond donors (Lipinski definition) is 0. The normalized spacial score (nSPS) is 22.5. The van der Waals surface area contributed by atoms with E-state index in [1.54, 1.807) is 7.11 Å². The quantitative estimate of drug-likeness (QED) is 0.675. The minimum Gasteiger partial charge on any atom is -0.369 e. The summed E-state index contributed by atoms with van der Waals surface area (Å²) in [6.07, 6.45) is 5.50. The van der Waals surface area contributed by atoms with Gasteiger partial charge < -0.3 is 4.74 Å². The highest BCUT2D eigenvalue weighted by molar-refractivity contribution is 4.72. The number of rotatable bonds is 5. The summed E-state index contributed by atoms with van der Waals surface area (Å²) in [7, 11) is 1.78. The molecule has 0 N–H and O–H groups in total. The van der Waals surface area contributed by atoms with Gasteiger partial charge >= 0.3 is 0 Å². The van der Waals surface area contributed by atoms with E-state index in [0.717, 1.165) is 18.6 Å². The molecular formula is C12H25NO. The van der Waals surface area contributed by atoms with Gasteiger partial charge in [0.1, 0.15) is 0 Å². The van der Waals surface area contributed by atoms with E-state index in [2.05, 4.69) is 18.7 Å². The summed E-state index contributed by atoms with van der Waals surface area (Å²) in [4.78, 5) is 2.41. The summed E-state index contributed by atoms with van der Waals surface area (Å²) in [6.45, 7) is 7.95. The van der Waals surface area contributed by atoms with E-state index in [1.807, 2.05) is 0 Å². The molecule has 1 heterocycles. The van der Waals surface area contributed by atoms with Crippen LogP contribution in [0.5, 0.6) is 0 Å². The molecule has 0 spiro atoms. The van der Waals surface area contributed by atoms with Crippen LogP contribution in [0, 0.1) is 11.8 Å². The van der Waals surface area contributed by atoms with Crippen molar-refractivity contribution in [2.75, 3.05) is 26.9 Å². The van der Waals surface area contributed by atoms with Crippen molar-refractivity contribution in [3.63, 3.8) is 0 Å². The molecule has 1 rings (SSSR count). The molecule has 1 fully saturated rings. The van der Waals surface area contributed by atoms with Gasteiger partial charge in [-0.3, -0.25) is 4.90 Å². The van der Waals surface area contributed by atoms with Gasteiger partial charge in [-0.25, -0.2) is 0 Å². The van der Waals surface area contributed by atoms with Gasteiger partial charge in [0.15, 0.2) is 0 Å². The molecule has 1 aliphatic rings. The molecule has 2 nitrogen and oxygen atoms in total. The molecule has 0 aromatic carbocycles. The Hall–Kier alpha value is -0.0800. The van der Waals surface area contributed by atoms with Crippen LogP contribution in [0.4, 0.5) is 0 Å². The predicted molar refractivity (Wildman–Crippen MR) is 60.2 cm³/mol. The van der Waals surface area contributed by atoms with Crippen molar-refractivity contribution >= 4 is 0 Å².